The van der Waals surface area contributed by atoms with Gasteiger partial charge in [-0.05, 0) is 44.9 Å². The van der Waals surface area contributed by atoms with Crippen LogP contribution in [0.5, 0.6) is 0 Å². The molecule has 1 unspecified atom stereocenters. The Morgan fingerprint density at radius 3 is 2.50 bits per heavy atom. The van der Waals surface area contributed by atoms with Crippen molar-refractivity contribution in [2.24, 2.45) is 5.92 Å². The van der Waals surface area contributed by atoms with Gasteiger partial charge in [-0.15, -0.1) is 0 Å². The molecule has 1 heterocycles. The molecule has 1 aliphatic heterocycles. The van der Waals surface area contributed by atoms with Crippen LogP contribution in [0.4, 0.5) is 0 Å². The molecule has 0 aromatic carbocycles. The predicted molar refractivity (Wildman–Crippen MR) is 83.2 cm³/mol. The average Bonchev–Trinajstić information content (AvgIpc) is 2.44. The first-order chi connectivity index (χ1) is 9.58. The van der Waals surface area contributed by atoms with Gasteiger partial charge in [0.2, 0.25) is 0 Å². The highest BCUT2D eigenvalue weighted by Crippen LogP contribution is 2.26. The molecule has 0 bridgehead atoms. The molecule has 0 saturated heterocycles. The van der Waals surface area contributed by atoms with Gasteiger partial charge >= 0.3 is 5.97 Å². The molecule has 1 atom stereocenters. The van der Waals surface area contributed by atoms with E-state index in [9.17, 15) is 9.90 Å². The fourth-order valence-electron chi connectivity index (χ4n) is 1.93. The number of aliphatic carboxylic acids is 1. The van der Waals surface area contributed by atoms with E-state index in [-0.39, 0.29) is 0 Å². The van der Waals surface area contributed by atoms with Crippen molar-refractivity contribution < 1.29 is 14.6 Å². The van der Waals surface area contributed by atoms with Gasteiger partial charge in [-0.25, -0.2) is 0 Å². The quantitative estimate of drug-likeness (QED) is 0.732. The third-order valence-electron chi connectivity index (χ3n) is 2.84. The van der Waals surface area contributed by atoms with Crippen molar-refractivity contribution in [2.45, 2.75) is 47.5 Å². The molecule has 0 aromatic heterocycles. The van der Waals surface area contributed by atoms with E-state index < -0.39 is 11.9 Å². The number of carbonyl (C=O) groups is 1. The number of hydrogen-bond acceptors (Lipinski definition) is 2. The standard InChI is InChI=1S/C15H20O3.C2H6/c1-4-7-12(5-2)14(15(16)17)10-13-9-6-8-11(3)18-13;1-2/h4-5,7-9,14H,6,10H2,1-3H3,(H,16,17);1-2H3/b7-4-,12-5+;. The maximum absolute atomic E-state index is 11.4. The summed E-state index contributed by atoms with van der Waals surface area (Å²) in [5.41, 5.74) is 0.807. The van der Waals surface area contributed by atoms with Crippen LogP contribution in [0.15, 0.2) is 47.5 Å². The van der Waals surface area contributed by atoms with Gasteiger partial charge in [0.25, 0.3) is 0 Å². The van der Waals surface area contributed by atoms with Gasteiger partial charge in [0.1, 0.15) is 5.76 Å². The minimum absolute atomic E-state index is 0.393. The van der Waals surface area contributed by atoms with Gasteiger partial charge in [0.05, 0.1) is 11.7 Å². The lowest BCUT2D eigenvalue weighted by Gasteiger charge is -2.19. The molecule has 0 aromatic rings. The molecule has 20 heavy (non-hydrogen) atoms. The second-order valence-electron chi connectivity index (χ2n) is 4.21. The molecule has 1 N–H and O–H groups in total. The van der Waals surface area contributed by atoms with Gasteiger partial charge in [-0.3, -0.25) is 4.79 Å². The van der Waals surface area contributed by atoms with Crippen molar-refractivity contribution in [3.05, 3.63) is 47.5 Å². The molecule has 0 radical (unpaired) electrons. The lowest BCUT2D eigenvalue weighted by molar-refractivity contribution is -0.140. The summed E-state index contributed by atoms with van der Waals surface area (Å²) in [4.78, 5) is 11.4. The Labute approximate surface area is 122 Å². The molecule has 0 aliphatic carbocycles. The number of carboxylic acids is 1. The predicted octanol–water partition coefficient (Wildman–Crippen LogP) is 4.83. The van der Waals surface area contributed by atoms with E-state index in [0.29, 0.717) is 6.42 Å². The van der Waals surface area contributed by atoms with Crippen molar-refractivity contribution in [3.8, 4) is 0 Å². The SMILES string of the molecule is C/C=C\C(=C/C)C(CC1=CCC=C(C)O1)C(=O)O.CC. The maximum atomic E-state index is 11.4. The zero-order valence-corrected chi connectivity index (χ0v) is 13.1. The van der Waals surface area contributed by atoms with Gasteiger partial charge in [-0.1, -0.05) is 32.1 Å². The summed E-state index contributed by atoms with van der Waals surface area (Å²) < 4.78 is 5.55. The highest BCUT2D eigenvalue weighted by atomic mass is 16.5. The first-order valence-corrected chi connectivity index (χ1v) is 7.13. The van der Waals surface area contributed by atoms with Crippen LogP contribution in [0.1, 0.15) is 47.5 Å². The largest absolute Gasteiger partial charge is 0.481 e. The second-order valence-corrected chi connectivity index (χ2v) is 4.21. The number of rotatable bonds is 5. The Hall–Kier alpha value is -1.77. The monoisotopic (exact) mass is 278 g/mol. The zero-order valence-electron chi connectivity index (χ0n) is 13.1. The fraction of sp³-hybridized carbons (Fsp3) is 0.471. The summed E-state index contributed by atoms with van der Waals surface area (Å²) in [6.07, 6.45) is 10.6. The molecule has 1 aliphatic rings. The number of hydrogen-bond donors (Lipinski definition) is 1. The average molecular weight is 278 g/mol. The van der Waals surface area contributed by atoms with Crippen LogP contribution < -0.4 is 0 Å². The maximum Gasteiger partial charge on any atom is 0.311 e. The van der Waals surface area contributed by atoms with Crippen LogP contribution in [0, 0.1) is 5.92 Å². The smallest absolute Gasteiger partial charge is 0.311 e. The number of carboxylic acid groups (broad SMARTS) is 1. The van der Waals surface area contributed by atoms with E-state index in [0.717, 1.165) is 23.5 Å². The molecule has 0 saturated carbocycles. The Bertz CT molecular complexity index is 426. The molecule has 0 spiro atoms. The van der Waals surface area contributed by atoms with Crippen molar-refractivity contribution in [1.29, 1.82) is 0 Å². The lowest BCUT2D eigenvalue weighted by atomic mass is 9.93. The van der Waals surface area contributed by atoms with Crippen LogP contribution >= 0.6 is 0 Å². The summed E-state index contributed by atoms with van der Waals surface area (Å²) in [7, 11) is 0. The summed E-state index contributed by atoms with van der Waals surface area (Å²) in [6.45, 7) is 9.61. The topological polar surface area (TPSA) is 46.5 Å². The van der Waals surface area contributed by atoms with Gasteiger partial charge < -0.3 is 9.84 Å². The van der Waals surface area contributed by atoms with E-state index in [1.807, 2.05) is 65.0 Å². The first kappa shape index (κ1) is 18.2. The third kappa shape index (κ3) is 5.91. The fourth-order valence-corrected chi connectivity index (χ4v) is 1.93. The van der Waals surface area contributed by atoms with Crippen LogP contribution in [-0.2, 0) is 9.53 Å². The minimum Gasteiger partial charge on any atom is -0.481 e. The molecular weight excluding hydrogens is 252 g/mol. The summed E-state index contributed by atoms with van der Waals surface area (Å²) in [5, 5.41) is 9.33. The van der Waals surface area contributed by atoms with Crippen molar-refractivity contribution in [1.82, 2.24) is 0 Å². The van der Waals surface area contributed by atoms with Crippen molar-refractivity contribution in [3.63, 3.8) is 0 Å². The van der Waals surface area contributed by atoms with Crippen molar-refractivity contribution in [2.75, 3.05) is 0 Å². The Morgan fingerprint density at radius 1 is 1.40 bits per heavy atom. The van der Waals surface area contributed by atoms with E-state index in [4.69, 9.17) is 4.74 Å². The summed E-state index contributed by atoms with van der Waals surface area (Å²) >= 11 is 0. The highest BCUT2D eigenvalue weighted by Gasteiger charge is 2.23. The number of allylic oxidation sites excluding steroid dienone is 7. The molecular formula is C17H26O3. The lowest BCUT2D eigenvalue weighted by Crippen LogP contribution is -2.17. The second kappa shape index (κ2) is 10.1. The third-order valence-corrected chi connectivity index (χ3v) is 2.84. The van der Waals surface area contributed by atoms with E-state index in [1.54, 1.807) is 0 Å². The van der Waals surface area contributed by atoms with Gasteiger partial charge in [0, 0.05) is 6.42 Å². The van der Waals surface area contributed by atoms with E-state index >= 15 is 0 Å². The molecule has 0 amide bonds. The minimum atomic E-state index is -0.821. The Kier molecular flexibility index (Phi) is 9.18. The Morgan fingerprint density at radius 2 is 2.05 bits per heavy atom. The molecule has 112 valence electrons. The van der Waals surface area contributed by atoms with Gasteiger partial charge in [-0.2, -0.15) is 0 Å². The molecule has 1 rings (SSSR count). The highest BCUT2D eigenvalue weighted by molar-refractivity contribution is 5.75. The summed E-state index contributed by atoms with van der Waals surface area (Å²) in [6, 6.07) is 0. The van der Waals surface area contributed by atoms with Gasteiger partial charge in [0.15, 0.2) is 0 Å². The normalized spacial score (nSPS) is 16.6. The van der Waals surface area contributed by atoms with Crippen LogP contribution in [0.2, 0.25) is 0 Å². The van der Waals surface area contributed by atoms with Crippen LogP contribution in [0.3, 0.4) is 0 Å². The van der Waals surface area contributed by atoms with Crippen molar-refractivity contribution >= 4 is 5.97 Å². The molecule has 0 fully saturated rings. The summed E-state index contributed by atoms with van der Waals surface area (Å²) in [5.74, 6) is 0.206. The molecule has 3 nitrogen and oxygen atoms in total. The van der Waals surface area contributed by atoms with Crippen LogP contribution in [0.25, 0.3) is 0 Å². The molecule has 3 heteroatoms. The Balaban J connectivity index is 0.00000172. The zero-order chi connectivity index (χ0) is 15.5. The number of ether oxygens (including phenoxy) is 1. The van der Waals surface area contributed by atoms with E-state index in [2.05, 4.69) is 0 Å². The van der Waals surface area contributed by atoms with E-state index in [1.165, 1.54) is 0 Å². The van der Waals surface area contributed by atoms with Crippen LogP contribution in [-0.4, -0.2) is 11.1 Å². The first-order valence-electron chi connectivity index (χ1n) is 7.13.